The molecule has 1 fully saturated rings. The zero-order chi connectivity index (χ0) is 16.7. The predicted octanol–water partition coefficient (Wildman–Crippen LogP) is 1.06. The number of hydrogen-bond donors (Lipinski definition) is 2. The van der Waals surface area contributed by atoms with Crippen molar-refractivity contribution in [3.8, 4) is 0 Å². The van der Waals surface area contributed by atoms with Crippen LogP contribution in [0.3, 0.4) is 0 Å². The van der Waals surface area contributed by atoms with Crippen LogP contribution >= 0.6 is 11.3 Å². The highest BCUT2D eigenvalue weighted by atomic mass is 32.1. The molecule has 2 heterocycles. The lowest BCUT2D eigenvalue weighted by molar-refractivity contribution is 0.280. The Morgan fingerprint density at radius 3 is 2.74 bits per heavy atom. The van der Waals surface area contributed by atoms with E-state index in [1.807, 2.05) is 14.0 Å². The van der Waals surface area contributed by atoms with Crippen molar-refractivity contribution >= 4 is 17.3 Å². The van der Waals surface area contributed by atoms with E-state index in [9.17, 15) is 0 Å². The van der Waals surface area contributed by atoms with Gasteiger partial charge >= 0.3 is 0 Å². The lowest BCUT2D eigenvalue weighted by Crippen LogP contribution is -2.42. The minimum atomic E-state index is 0.783. The highest BCUT2D eigenvalue weighted by Gasteiger charge is 2.11. The van der Waals surface area contributed by atoms with Gasteiger partial charge in [-0.05, 0) is 40.4 Å². The molecule has 1 saturated heterocycles. The lowest BCUT2D eigenvalue weighted by atomic mass is 10.4. The van der Waals surface area contributed by atoms with E-state index in [2.05, 4.69) is 44.4 Å². The minimum Gasteiger partial charge on any atom is -0.355 e. The van der Waals surface area contributed by atoms with E-state index in [0.29, 0.717) is 0 Å². The van der Waals surface area contributed by atoms with E-state index in [4.69, 9.17) is 0 Å². The Bertz CT molecular complexity index is 513. The van der Waals surface area contributed by atoms with Crippen LogP contribution in [0.2, 0.25) is 0 Å². The lowest BCUT2D eigenvalue weighted by Gasteiger charge is -2.21. The fourth-order valence-electron chi connectivity index (χ4n) is 2.78. The number of guanidine groups is 1. The summed E-state index contributed by atoms with van der Waals surface area (Å²) in [6.07, 6.45) is 1.26. The van der Waals surface area contributed by atoms with Gasteiger partial charge in [0.05, 0.1) is 17.2 Å². The van der Waals surface area contributed by atoms with Crippen LogP contribution < -0.4 is 10.6 Å². The number of hydrogen-bond acceptors (Lipinski definition) is 5. The first-order valence-electron chi connectivity index (χ1n) is 8.37. The molecule has 0 aliphatic carbocycles. The normalized spacial score (nSPS) is 18.0. The van der Waals surface area contributed by atoms with Crippen LogP contribution in [0.25, 0.3) is 0 Å². The molecule has 1 aliphatic rings. The molecular formula is C16H30N6S. The summed E-state index contributed by atoms with van der Waals surface area (Å²) in [4.78, 5) is 15.0. The molecule has 1 aromatic rings. The summed E-state index contributed by atoms with van der Waals surface area (Å²) in [5.74, 6) is 0.863. The van der Waals surface area contributed by atoms with Gasteiger partial charge in [-0.2, -0.15) is 0 Å². The quantitative estimate of drug-likeness (QED) is 0.621. The fraction of sp³-hybridized carbons (Fsp3) is 0.750. The Morgan fingerprint density at radius 2 is 2.04 bits per heavy atom. The molecule has 2 rings (SSSR count). The number of rotatable bonds is 5. The molecule has 0 amide bonds. The molecule has 0 unspecified atom stereocenters. The number of aryl methyl sites for hydroxylation is 2. The van der Waals surface area contributed by atoms with Gasteiger partial charge in [-0.3, -0.25) is 4.99 Å². The van der Waals surface area contributed by atoms with Crippen molar-refractivity contribution in [3.05, 3.63) is 15.6 Å². The van der Waals surface area contributed by atoms with Gasteiger partial charge in [0.1, 0.15) is 0 Å². The Balaban J connectivity index is 1.69. The predicted molar refractivity (Wildman–Crippen MR) is 98.3 cm³/mol. The maximum absolute atomic E-state index is 4.46. The summed E-state index contributed by atoms with van der Waals surface area (Å²) >= 11 is 1.75. The van der Waals surface area contributed by atoms with Crippen molar-refractivity contribution in [2.24, 2.45) is 4.99 Å². The second-order valence-corrected chi connectivity index (χ2v) is 7.38. The maximum atomic E-state index is 4.46. The van der Waals surface area contributed by atoms with Gasteiger partial charge < -0.3 is 20.4 Å². The molecule has 0 spiro atoms. The maximum Gasteiger partial charge on any atom is 0.191 e. The van der Waals surface area contributed by atoms with E-state index in [0.717, 1.165) is 49.4 Å². The second kappa shape index (κ2) is 9.20. The van der Waals surface area contributed by atoms with Crippen LogP contribution in [0.4, 0.5) is 0 Å². The first-order chi connectivity index (χ1) is 11.1. The Morgan fingerprint density at radius 1 is 1.22 bits per heavy atom. The second-order valence-electron chi connectivity index (χ2n) is 6.09. The minimum absolute atomic E-state index is 0.783. The van der Waals surface area contributed by atoms with Crippen LogP contribution in [-0.4, -0.2) is 74.1 Å². The van der Waals surface area contributed by atoms with Crippen molar-refractivity contribution in [2.75, 3.05) is 53.4 Å². The molecule has 1 aromatic heterocycles. The monoisotopic (exact) mass is 338 g/mol. The molecule has 0 aromatic carbocycles. The van der Waals surface area contributed by atoms with Crippen LogP contribution in [0, 0.1) is 13.8 Å². The van der Waals surface area contributed by atoms with Crippen LogP contribution in [0.5, 0.6) is 0 Å². The number of likely N-dealkylation sites (N-methyl/N-ethyl adjacent to an activating group) is 1. The van der Waals surface area contributed by atoms with Gasteiger partial charge in [-0.1, -0.05) is 0 Å². The van der Waals surface area contributed by atoms with Gasteiger partial charge in [0.25, 0.3) is 0 Å². The van der Waals surface area contributed by atoms with Crippen LogP contribution in [-0.2, 0) is 6.54 Å². The summed E-state index contributed by atoms with van der Waals surface area (Å²) < 4.78 is 0. The Hall–Kier alpha value is -1.18. The van der Waals surface area contributed by atoms with Crippen molar-refractivity contribution in [2.45, 2.75) is 26.8 Å². The summed E-state index contributed by atoms with van der Waals surface area (Å²) in [5, 5.41) is 7.91. The van der Waals surface area contributed by atoms with E-state index in [-0.39, 0.29) is 0 Å². The van der Waals surface area contributed by atoms with Gasteiger partial charge in [0.2, 0.25) is 0 Å². The summed E-state index contributed by atoms with van der Waals surface area (Å²) in [6, 6.07) is 0. The van der Waals surface area contributed by atoms with Gasteiger partial charge in [-0.25, -0.2) is 4.98 Å². The van der Waals surface area contributed by atoms with Crippen molar-refractivity contribution in [1.29, 1.82) is 0 Å². The molecule has 23 heavy (non-hydrogen) atoms. The zero-order valence-corrected chi connectivity index (χ0v) is 15.7. The number of aliphatic imine (C=N–C) groups is 1. The topological polar surface area (TPSA) is 55.8 Å². The van der Waals surface area contributed by atoms with Crippen LogP contribution in [0.1, 0.15) is 22.0 Å². The Kier molecular flexibility index (Phi) is 7.26. The van der Waals surface area contributed by atoms with E-state index in [1.54, 1.807) is 11.3 Å². The Labute approximate surface area is 144 Å². The zero-order valence-electron chi connectivity index (χ0n) is 14.9. The third-order valence-corrected chi connectivity index (χ3v) is 5.25. The fourth-order valence-corrected chi connectivity index (χ4v) is 3.65. The number of nitrogens with one attached hydrogen (secondary N) is 2. The van der Waals surface area contributed by atoms with Gasteiger partial charge in [-0.15, -0.1) is 11.3 Å². The highest BCUT2D eigenvalue weighted by molar-refractivity contribution is 7.11. The molecule has 1 aliphatic heterocycles. The average molecular weight is 339 g/mol. The SMILES string of the molecule is CN=C(NCCN1CCCN(C)CC1)NCc1sc(C)nc1C. The van der Waals surface area contributed by atoms with Crippen molar-refractivity contribution in [3.63, 3.8) is 0 Å². The number of thiazole rings is 1. The van der Waals surface area contributed by atoms with E-state index < -0.39 is 0 Å². The molecule has 0 radical (unpaired) electrons. The average Bonchev–Trinajstić information content (AvgIpc) is 2.71. The third-order valence-electron chi connectivity index (χ3n) is 4.17. The first kappa shape index (κ1) is 18.2. The molecule has 7 heteroatoms. The summed E-state index contributed by atoms with van der Waals surface area (Å²) in [6.45, 7) is 11.6. The number of aromatic nitrogens is 1. The van der Waals surface area contributed by atoms with Crippen molar-refractivity contribution in [1.82, 2.24) is 25.4 Å². The molecule has 130 valence electrons. The molecule has 0 atom stereocenters. The molecule has 0 bridgehead atoms. The van der Waals surface area contributed by atoms with E-state index in [1.165, 1.54) is 24.4 Å². The standard InChI is InChI=1S/C16H30N6S/c1-13-15(23-14(2)20-13)12-19-16(17-3)18-6-9-22-8-5-7-21(4)10-11-22/h5-12H2,1-4H3,(H2,17,18,19). The van der Waals surface area contributed by atoms with Crippen LogP contribution in [0.15, 0.2) is 4.99 Å². The highest BCUT2D eigenvalue weighted by Crippen LogP contribution is 2.16. The third kappa shape index (κ3) is 6.08. The van der Waals surface area contributed by atoms with Gasteiger partial charge in [0.15, 0.2) is 5.96 Å². The van der Waals surface area contributed by atoms with E-state index >= 15 is 0 Å². The smallest absolute Gasteiger partial charge is 0.191 e. The first-order valence-corrected chi connectivity index (χ1v) is 9.18. The summed E-state index contributed by atoms with van der Waals surface area (Å²) in [5.41, 5.74) is 1.11. The number of nitrogens with zero attached hydrogens (tertiary/aromatic N) is 4. The molecule has 0 saturated carbocycles. The van der Waals surface area contributed by atoms with Crippen molar-refractivity contribution < 1.29 is 0 Å². The summed E-state index contributed by atoms with van der Waals surface area (Å²) in [7, 11) is 4.03. The van der Waals surface area contributed by atoms with Gasteiger partial charge in [0, 0.05) is 38.1 Å². The molecular weight excluding hydrogens is 308 g/mol. The molecule has 2 N–H and O–H groups in total. The largest absolute Gasteiger partial charge is 0.355 e. The molecule has 6 nitrogen and oxygen atoms in total.